The molecule has 0 aliphatic rings. The number of rotatable bonds is 14. The lowest BCUT2D eigenvalue weighted by Crippen LogP contribution is -2.54. The van der Waals surface area contributed by atoms with Gasteiger partial charge in [-0.3, -0.25) is 9.59 Å². The number of alkyl carbamates (subject to hydrolysis) is 1. The Morgan fingerprint density at radius 3 is 2.08 bits per heavy atom. The third-order valence-corrected chi connectivity index (χ3v) is 5.59. The van der Waals surface area contributed by atoms with Crippen LogP contribution in [0.4, 0.5) is 9.59 Å². The van der Waals surface area contributed by atoms with E-state index in [9.17, 15) is 24.0 Å². The van der Waals surface area contributed by atoms with Crippen molar-refractivity contribution in [1.82, 2.24) is 16.0 Å². The molecule has 0 saturated heterocycles. The standard InChI is InChI=1S/C28H36N4O8/c1-18(2)24(32-28(37)39-17-20-8-5-4-6-9-20)25(34)31-23(10-7-15-30-27(29)36)26(35)40-22-13-11-21(12-14-22)16-38-19(3)33/h4-6,8-9,11-14,18,23-24H,7,10,15-17H2,1-3H3,(H,31,34)(H,32,37)(H3,29,30,36)/t23-,24?/m0/s1. The van der Waals surface area contributed by atoms with Crippen molar-refractivity contribution in [3.05, 3.63) is 65.7 Å². The molecule has 0 saturated carbocycles. The highest BCUT2D eigenvalue weighted by Crippen LogP contribution is 2.15. The molecular weight excluding hydrogens is 520 g/mol. The molecule has 216 valence electrons. The van der Waals surface area contributed by atoms with Gasteiger partial charge in [0.25, 0.3) is 0 Å². The number of urea groups is 1. The molecule has 0 bridgehead atoms. The van der Waals surface area contributed by atoms with Crippen LogP contribution in [0.25, 0.3) is 0 Å². The quantitative estimate of drug-likeness (QED) is 0.156. The van der Waals surface area contributed by atoms with Gasteiger partial charge in [0.05, 0.1) is 0 Å². The predicted molar refractivity (Wildman–Crippen MR) is 145 cm³/mol. The number of esters is 2. The van der Waals surface area contributed by atoms with Gasteiger partial charge in [-0.05, 0) is 42.0 Å². The zero-order valence-corrected chi connectivity index (χ0v) is 22.8. The van der Waals surface area contributed by atoms with E-state index in [0.29, 0.717) is 12.0 Å². The van der Waals surface area contributed by atoms with Crippen molar-refractivity contribution in [2.75, 3.05) is 6.54 Å². The molecule has 12 nitrogen and oxygen atoms in total. The zero-order valence-electron chi connectivity index (χ0n) is 22.8. The van der Waals surface area contributed by atoms with Crippen LogP contribution >= 0.6 is 0 Å². The molecule has 0 heterocycles. The first-order chi connectivity index (χ1) is 19.0. The van der Waals surface area contributed by atoms with Crippen LogP contribution in [0.3, 0.4) is 0 Å². The summed E-state index contributed by atoms with van der Waals surface area (Å²) in [7, 11) is 0. The van der Waals surface area contributed by atoms with Gasteiger partial charge in [0.15, 0.2) is 0 Å². The van der Waals surface area contributed by atoms with Crippen LogP contribution in [0.5, 0.6) is 5.75 Å². The average Bonchev–Trinajstić information content (AvgIpc) is 2.91. The highest BCUT2D eigenvalue weighted by molar-refractivity contribution is 5.90. The molecule has 0 spiro atoms. The normalized spacial score (nSPS) is 12.0. The maximum absolute atomic E-state index is 13.2. The summed E-state index contributed by atoms with van der Waals surface area (Å²) in [4.78, 5) is 60.6. The van der Waals surface area contributed by atoms with Crippen molar-refractivity contribution in [2.45, 2.75) is 58.9 Å². The molecule has 2 aromatic carbocycles. The number of primary amides is 1. The summed E-state index contributed by atoms with van der Waals surface area (Å²) in [5.41, 5.74) is 6.58. The second-order valence-corrected chi connectivity index (χ2v) is 9.27. The number of ether oxygens (including phenoxy) is 3. The fourth-order valence-corrected chi connectivity index (χ4v) is 3.48. The van der Waals surface area contributed by atoms with E-state index in [4.69, 9.17) is 19.9 Å². The Kier molecular flexibility index (Phi) is 12.9. The van der Waals surface area contributed by atoms with E-state index in [0.717, 1.165) is 5.56 Å². The minimum absolute atomic E-state index is 0.0284. The summed E-state index contributed by atoms with van der Waals surface area (Å²) in [5.74, 6) is -1.88. The van der Waals surface area contributed by atoms with E-state index in [1.807, 2.05) is 18.2 Å². The van der Waals surface area contributed by atoms with Crippen molar-refractivity contribution in [3.63, 3.8) is 0 Å². The predicted octanol–water partition coefficient (Wildman–Crippen LogP) is 2.54. The highest BCUT2D eigenvalue weighted by atomic mass is 16.6. The summed E-state index contributed by atoms with van der Waals surface area (Å²) in [6, 6.07) is 12.6. The fraction of sp³-hybridized carbons (Fsp3) is 0.393. The van der Waals surface area contributed by atoms with Crippen LogP contribution in [-0.4, -0.2) is 48.6 Å². The van der Waals surface area contributed by atoms with Crippen LogP contribution < -0.4 is 26.4 Å². The lowest BCUT2D eigenvalue weighted by Gasteiger charge is -2.24. The Morgan fingerprint density at radius 2 is 1.48 bits per heavy atom. The lowest BCUT2D eigenvalue weighted by atomic mass is 10.0. The van der Waals surface area contributed by atoms with Gasteiger partial charge in [0, 0.05) is 13.5 Å². The monoisotopic (exact) mass is 556 g/mol. The second kappa shape index (κ2) is 16.4. The summed E-state index contributed by atoms with van der Waals surface area (Å²) in [6.45, 7) is 5.06. The molecule has 12 heteroatoms. The number of carbonyl (C=O) groups is 5. The number of hydrogen-bond donors (Lipinski definition) is 4. The Morgan fingerprint density at radius 1 is 0.850 bits per heavy atom. The van der Waals surface area contributed by atoms with Gasteiger partial charge >= 0.3 is 24.1 Å². The maximum Gasteiger partial charge on any atom is 0.408 e. The van der Waals surface area contributed by atoms with E-state index in [2.05, 4.69) is 16.0 Å². The first kappa shape index (κ1) is 31.6. The van der Waals surface area contributed by atoms with Crippen molar-refractivity contribution >= 4 is 30.0 Å². The van der Waals surface area contributed by atoms with Gasteiger partial charge in [-0.2, -0.15) is 0 Å². The maximum atomic E-state index is 13.2. The van der Waals surface area contributed by atoms with Crippen molar-refractivity contribution in [2.24, 2.45) is 11.7 Å². The first-order valence-electron chi connectivity index (χ1n) is 12.8. The van der Waals surface area contributed by atoms with Gasteiger partial charge in [-0.1, -0.05) is 56.3 Å². The summed E-state index contributed by atoms with van der Waals surface area (Å²) >= 11 is 0. The molecule has 0 aliphatic heterocycles. The van der Waals surface area contributed by atoms with Crippen molar-refractivity contribution in [1.29, 1.82) is 0 Å². The smallest absolute Gasteiger partial charge is 0.408 e. The molecule has 2 aromatic rings. The Hall–Kier alpha value is -4.61. The van der Waals surface area contributed by atoms with Crippen LogP contribution in [0.1, 0.15) is 44.7 Å². The topological polar surface area (TPSA) is 175 Å². The van der Waals surface area contributed by atoms with Gasteiger partial charge in [0.1, 0.15) is 31.0 Å². The molecule has 0 fully saturated rings. The number of benzene rings is 2. The van der Waals surface area contributed by atoms with Gasteiger partial charge in [-0.25, -0.2) is 14.4 Å². The molecule has 4 amide bonds. The van der Waals surface area contributed by atoms with Crippen LogP contribution in [-0.2, 0) is 37.1 Å². The minimum atomic E-state index is -1.09. The molecule has 5 N–H and O–H groups in total. The summed E-state index contributed by atoms with van der Waals surface area (Å²) in [5, 5.41) is 7.63. The second-order valence-electron chi connectivity index (χ2n) is 9.27. The van der Waals surface area contributed by atoms with E-state index in [-0.39, 0.29) is 37.8 Å². The SMILES string of the molecule is CC(=O)OCc1ccc(OC(=O)[C@H](CCCNC(N)=O)NC(=O)C(NC(=O)OCc2ccccc2)C(C)C)cc1. The third-order valence-electron chi connectivity index (χ3n) is 5.59. The van der Waals surface area contributed by atoms with E-state index >= 15 is 0 Å². The summed E-state index contributed by atoms with van der Waals surface area (Å²) in [6.07, 6.45) is -0.349. The number of carbonyl (C=O) groups excluding carboxylic acids is 5. The molecule has 40 heavy (non-hydrogen) atoms. The largest absolute Gasteiger partial charge is 0.461 e. The van der Waals surface area contributed by atoms with E-state index < -0.39 is 42.1 Å². The number of nitrogens with one attached hydrogen (secondary N) is 3. The van der Waals surface area contributed by atoms with E-state index in [1.54, 1.807) is 38.1 Å². The Labute approximate surface area is 232 Å². The fourth-order valence-electron chi connectivity index (χ4n) is 3.48. The van der Waals surface area contributed by atoms with Crippen LogP contribution in [0.15, 0.2) is 54.6 Å². The number of hydrogen-bond acceptors (Lipinski definition) is 8. The molecule has 0 aromatic heterocycles. The molecule has 2 atom stereocenters. The Balaban J connectivity index is 2.04. The molecule has 0 aliphatic carbocycles. The molecular formula is C28H36N4O8. The molecule has 1 unspecified atom stereocenters. The minimum Gasteiger partial charge on any atom is -0.461 e. The van der Waals surface area contributed by atoms with Crippen LogP contribution in [0, 0.1) is 5.92 Å². The third kappa shape index (κ3) is 11.8. The average molecular weight is 557 g/mol. The number of nitrogens with two attached hydrogens (primary N) is 1. The van der Waals surface area contributed by atoms with Crippen molar-refractivity contribution in [3.8, 4) is 5.75 Å². The highest BCUT2D eigenvalue weighted by Gasteiger charge is 2.30. The molecule has 2 rings (SSSR count). The first-order valence-corrected chi connectivity index (χ1v) is 12.8. The van der Waals surface area contributed by atoms with Gasteiger partial charge in [0.2, 0.25) is 5.91 Å². The molecule has 0 radical (unpaired) electrons. The van der Waals surface area contributed by atoms with Gasteiger partial charge < -0.3 is 35.9 Å². The zero-order chi connectivity index (χ0) is 29.5. The van der Waals surface area contributed by atoms with Crippen molar-refractivity contribution < 1.29 is 38.2 Å². The lowest BCUT2D eigenvalue weighted by molar-refractivity contribution is -0.142. The summed E-state index contributed by atoms with van der Waals surface area (Å²) < 4.78 is 15.6. The van der Waals surface area contributed by atoms with E-state index in [1.165, 1.54) is 19.1 Å². The number of amides is 4. The van der Waals surface area contributed by atoms with Gasteiger partial charge in [-0.15, -0.1) is 0 Å². The Bertz CT molecular complexity index is 1140. The van der Waals surface area contributed by atoms with Crippen LogP contribution in [0.2, 0.25) is 0 Å².